The van der Waals surface area contributed by atoms with Crippen molar-refractivity contribution >= 4 is 27.4 Å². The zero-order chi connectivity index (χ0) is 24.7. The molecule has 2 aliphatic heterocycles. The van der Waals surface area contributed by atoms with Crippen LogP contribution in [0.15, 0.2) is 82.6 Å². The van der Waals surface area contributed by atoms with E-state index in [2.05, 4.69) is 0 Å². The topological polar surface area (TPSA) is 91.8 Å². The van der Waals surface area contributed by atoms with Crippen LogP contribution in [0.2, 0.25) is 0 Å². The van der Waals surface area contributed by atoms with E-state index in [9.17, 15) is 22.8 Å². The molecule has 3 aromatic carbocycles. The molecule has 3 aromatic rings. The summed E-state index contributed by atoms with van der Waals surface area (Å²) in [7, 11) is -2.23. The Morgan fingerprint density at radius 2 is 1.46 bits per heavy atom. The van der Waals surface area contributed by atoms with Crippen molar-refractivity contribution in [3.05, 3.63) is 95.1 Å². The maximum Gasteiger partial charge on any atom is 0.253 e. The van der Waals surface area contributed by atoms with Gasteiger partial charge in [0.25, 0.3) is 11.8 Å². The van der Waals surface area contributed by atoms with Crippen molar-refractivity contribution in [2.45, 2.75) is 28.7 Å². The minimum Gasteiger partial charge on any atom is -0.339 e. The molecular weight excluding hydrogens is 464 g/mol. The van der Waals surface area contributed by atoms with Gasteiger partial charge in [-0.15, -0.1) is 0 Å². The van der Waals surface area contributed by atoms with Crippen molar-refractivity contribution in [1.29, 1.82) is 0 Å². The van der Waals surface area contributed by atoms with Gasteiger partial charge in [-0.1, -0.05) is 30.3 Å². The highest BCUT2D eigenvalue weighted by Crippen LogP contribution is 2.35. The Morgan fingerprint density at radius 3 is 2.17 bits per heavy atom. The van der Waals surface area contributed by atoms with Gasteiger partial charge in [0.15, 0.2) is 5.78 Å². The van der Waals surface area contributed by atoms with Crippen molar-refractivity contribution < 1.29 is 22.8 Å². The number of amides is 2. The van der Waals surface area contributed by atoms with Gasteiger partial charge in [0.1, 0.15) is 0 Å². The lowest BCUT2D eigenvalue weighted by Gasteiger charge is -2.37. The first-order chi connectivity index (χ1) is 16.8. The molecule has 178 valence electrons. The van der Waals surface area contributed by atoms with Crippen molar-refractivity contribution in [3.8, 4) is 0 Å². The molecule has 2 heterocycles. The third-order valence-electron chi connectivity index (χ3n) is 6.82. The SMILES string of the molecule is CN(C(=O)c1ccc2c(c1)S(=O)(=O)c1ccccc1C2=O)C1CCN(C(=O)c2ccccc2)CC1. The van der Waals surface area contributed by atoms with Gasteiger partial charge in [0.2, 0.25) is 9.84 Å². The van der Waals surface area contributed by atoms with E-state index in [1.54, 1.807) is 41.1 Å². The van der Waals surface area contributed by atoms with Crippen LogP contribution in [-0.4, -0.2) is 62.0 Å². The van der Waals surface area contributed by atoms with Crippen LogP contribution in [0, 0.1) is 0 Å². The second-order valence-electron chi connectivity index (χ2n) is 8.85. The summed E-state index contributed by atoms with van der Waals surface area (Å²) < 4.78 is 26.4. The van der Waals surface area contributed by atoms with Crippen molar-refractivity contribution in [2.75, 3.05) is 20.1 Å². The Balaban J connectivity index is 1.33. The molecule has 7 nitrogen and oxygen atoms in total. The Morgan fingerprint density at radius 1 is 0.829 bits per heavy atom. The molecule has 1 saturated heterocycles. The van der Waals surface area contributed by atoms with Crippen LogP contribution in [0.4, 0.5) is 0 Å². The average molecular weight is 489 g/mol. The third kappa shape index (κ3) is 3.93. The standard InChI is InChI=1S/C27H24N2O5S/c1-28(20-13-15-29(16-14-20)27(32)18-7-3-2-4-8-18)26(31)19-11-12-22-24(17-19)35(33,34)23-10-6-5-9-21(23)25(22)30/h2-12,17,20H,13-16H2,1H3. The van der Waals surface area contributed by atoms with Crippen LogP contribution in [-0.2, 0) is 9.84 Å². The van der Waals surface area contributed by atoms with E-state index in [0.717, 1.165) is 0 Å². The number of hydrogen-bond donors (Lipinski definition) is 0. The summed E-state index contributed by atoms with van der Waals surface area (Å²) in [6.45, 7) is 1.06. The molecule has 0 aromatic heterocycles. The van der Waals surface area contributed by atoms with E-state index in [0.29, 0.717) is 31.5 Å². The fraction of sp³-hybridized carbons (Fsp3) is 0.222. The molecule has 8 heteroatoms. The predicted octanol–water partition coefficient (Wildman–Crippen LogP) is 3.44. The summed E-state index contributed by atoms with van der Waals surface area (Å²) in [5.74, 6) is -0.710. The smallest absolute Gasteiger partial charge is 0.253 e. The Bertz CT molecular complexity index is 1440. The molecule has 2 amide bonds. The van der Waals surface area contributed by atoms with Crippen LogP contribution in [0.5, 0.6) is 0 Å². The maximum absolute atomic E-state index is 13.3. The van der Waals surface area contributed by atoms with Crippen molar-refractivity contribution in [3.63, 3.8) is 0 Å². The van der Waals surface area contributed by atoms with Gasteiger partial charge in [-0.05, 0) is 55.3 Å². The zero-order valence-electron chi connectivity index (χ0n) is 19.2. The molecule has 0 bridgehead atoms. The number of rotatable bonds is 3. The fourth-order valence-electron chi connectivity index (χ4n) is 4.81. The fourth-order valence-corrected chi connectivity index (χ4v) is 6.48. The molecule has 0 aliphatic carbocycles. The lowest BCUT2D eigenvalue weighted by atomic mass is 9.99. The van der Waals surface area contributed by atoms with Gasteiger partial charge in [0.05, 0.1) is 9.79 Å². The van der Waals surface area contributed by atoms with E-state index in [-0.39, 0.29) is 50.1 Å². The predicted molar refractivity (Wildman–Crippen MR) is 129 cm³/mol. The second-order valence-corrected chi connectivity index (χ2v) is 10.7. The summed E-state index contributed by atoms with van der Waals surface area (Å²) in [4.78, 5) is 42.1. The van der Waals surface area contributed by atoms with Gasteiger partial charge in [-0.25, -0.2) is 8.42 Å². The van der Waals surface area contributed by atoms with Crippen molar-refractivity contribution in [2.24, 2.45) is 0 Å². The minimum atomic E-state index is -3.92. The van der Waals surface area contributed by atoms with E-state index in [1.165, 1.54) is 30.3 Å². The number of nitrogens with zero attached hydrogens (tertiary/aromatic N) is 2. The number of benzene rings is 3. The maximum atomic E-state index is 13.3. The Labute approximate surface area is 203 Å². The van der Waals surface area contributed by atoms with E-state index >= 15 is 0 Å². The molecule has 35 heavy (non-hydrogen) atoms. The van der Waals surface area contributed by atoms with Crippen LogP contribution >= 0.6 is 0 Å². The normalized spacial score (nSPS) is 16.8. The lowest BCUT2D eigenvalue weighted by Crippen LogP contribution is -2.47. The summed E-state index contributed by atoms with van der Waals surface area (Å²) in [5, 5.41) is 0. The van der Waals surface area contributed by atoms with Gasteiger partial charge in [0, 0.05) is 48.4 Å². The highest BCUT2D eigenvalue weighted by Gasteiger charge is 2.36. The third-order valence-corrected chi connectivity index (χ3v) is 8.68. The van der Waals surface area contributed by atoms with Gasteiger partial charge in [-0.3, -0.25) is 14.4 Å². The number of fused-ring (bicyclic) bond motifs is 2. The number of ketones is 1. The largest absolute Gasteiger partial charge is 0.339 e. The minimum absolute atomic E-state index is 0.0251. The lowest BCUT2D eigenvalue weighted by molar-refractivity contribution is 0.0569. The molecule has 0 unspecified atom stereocenters. The number of piperidine rings is 1. The average Bonchev–Trinajstić information content (AvgIpc) is 2.91. The van der Waals surface area contributed by atoms with E-state index in [1.807, 2.05) is 18.2 Å². The number of hydrogen-bond acceptors (Lipinski definition) is 5. The molecule has 5 rings (SSSR count). The number of carbonyl (C=O) groups is 3. The highest BCUT2D eigenvalue weighted by molar-refractivity contribution is 7.91. The molecule has 0 radical (unpaired) electrons. The summed E-state index contributed by atoms with van der Waals surface area (Å²) >= 11 is 0. The second kappa shape index (κ2) is 8.78. The Hall–Kier alpha value is -3.78. The first kappa shape index (κ1) is 23.0. The van der Waals surface area contributed by atoms with E-state index < -0.39 is 9.84 Å². The quantitative estimate of drug-likeness (QED) is 0.441. The first-order valence-electron chi connectivity index (χ1n) is 11.4. The Kier molecular flexibility index (Phi) is 5.76. The van der Waals surface area contributed by atoms with Crippen molar-refractivity contribution in [1.82, 2.24) is 9.80 Å². The molecule has 0 saturated carbocycles. The molecule has 2 aliphatic rings. The molecule has 0 spiro atoms. The summed E-state index contributed by atoms with van der Waals surface area (Å²) in [5.41, 5.74) is 1.08. The highest BCUT2D eigenvalue weighted by atomic mass is 32.2. The molecule has 1 fully saturated rings. The number of likely N-dealkylation sites (tertiary alicyclic amines) is 1. The molecule has 0 atom stereocenters. The monoisotopic (exact) mass is 488 g/mol. The van der Waals surface area contributed by atoms with Crippen LogP contribution in [0.1, 0.15) is 49.5 Å². The van der Waals surface area contributed by atoms with Gasteiger partial charge < -0.3 is 9.80 Å². The van der Waals surface area contributed by atoms with Gasteiger partial charge in [-0.2, -0.15) is 0 Å². The number of sulfone groups is 1. The van der Waals surface area contributed by atoms with Crippen LogP contribution in [0.3, 0.4) is 0 Å². The zero-order valence-corrected chi connectivity index (χ0v) is 20.0. The molecule has 0 N–H and O–H groups in total. The molecular formula is C27H24N2O5S. The van der Waals surface area contributed by atoms with Crippen LogP contribution in [0.25, 0.3) is 0 Å². The summed E-state index contributed by atoms with van der Waals surface area (Å²) in [6.07, 6.45) is 1.24. The summed E-state index contributed by atoms with van der Waals surface area (Å²) in [6, 6.07) is 19.4. The first-order valence-corrected chi connectivity index (χ1v) is 12.9. The van der Waals surface area contributed by atoms with Crippen LogP contribution < -0.4 is 0 Å². The van der Waals surface area contributed by atoms with Gasteiger partial charge >= 0.3 is 0 Å². The number of carbonyl (C=O) groups excluding carboxylic acids is 3. The van der Waals surface area contributed by atoms with E-state index in [4.69, 9.17) is 0 Å².